The molecular weight excluding hydrogens is 368 g/mol. The van der Waals surface area contributed by atoms with Crippen LogP contribution in [0.3, 0.4) is 0 Å². The monoisotopic (exact) mass is 390 g/mol. The molecular formula is C23H22N2O4. The summed E-state index contributed by atoms with van der Waals surface area (Å²) in [6, 6.07) is 16.7. The maximum atomic E-state index is 12.9. The number of carbonyl (C=O) groups excluding carboxylic acids is 1. The number of rotatable bonds is 4. The van der Waals surface area contributed by atoms with E-state index in [1.165, 1.54) is 16.1 Å². The van der Waals surface area contributed by atoms with Crippen LogP contribution >= 0.6 is 0 Å². The van der Waals surface area contributed by atoms with Gasteiger partial charge in [0, 0.05) is 21.0 Å². The fourth-order valence-corrected chi connectivity index (χ4v) is 2.93. The summed E-state index contributed by atoms with van der Waals surface area (Å²) in [5.74, 6) is -0.341. The van der Waals surface area contributed by atoms with E-state index in [9.17, 15) is 14.4 Å². The predicted molar refractivity (Wildman–Crippen MR) is 112 cm³/mol. The molecule has 0 aliphatic carbocycles. The van der Waals surface area contributed by atoms with E-state index in [2.05, 4.69) is 0 Å². The summed E-state index contributed by atoms with van der Waals surface area (Å²) >= 11 is 0. The molecule has 0 bridgehead atoms. The number of carbonyl (C=O) groups is 1. The maximum Gasteiger partial charge on any atom is 0.302 e. The molecule has 0 amide bonds. The fourth-order valence-electron chi connectivity index (χ4n) is 2.93. The molecule has 3 aromatic rings. The number of aromatic nitrogens is 2. The smallest absolute Gasteiger partial charge is 0.302 e. The van der Waals surface area contributed by atoms with Gasteiger partial charge in [0.05, 0.1) is 0 Å². The van der Waals surface area contributed by atoms with Crippen molar-refractivity contribution < 1.29 is 9.53 Å². The van der Waals surface area contributed by atoms with Crippen molar-refractivity contribution in [3.63, 3.8) is 0 Å². The Morgan fingerprint density at radius 1 is 0.828 bits per heavy atom. The average Bonchev–Trinajstić information content (AvgIpc) is 2.73. The van der Waals surface area contributed by atoms with Gasteiger partial charge in [-0.15, -0.1) is 0 Å². The van der Waals surface area contributed by atoms with E-state index in [1.54, 1.807) is 26.2 Å². The van der Waals surface area contributed by atoms with Crippen LogP contribution in [0.4, 0.5) is 0 Å². The second kappa shape index (κ2) is 8.56. The van der Waals surface area contributed by atoms with Gasteiger partial charge >= 0.3 is 5.97 Å². The lowest BCUT2D eigenvalue weighted by Crippen LogP contribution is -2.56. The molecule has 6 nitrogen and oxygen atoms in total. The molecule has 1 heterocycles. The van der Waals surface area contributed by atoms with Crippen LogP contribution in [0.15, 0.2) is 64.2 Å². The molecule has 0 saturated carbocycles. The SMILES string of the molecule is CC(=O)OCc1ccc(/C=c2/c(=O)n(C)/c(=C\c3ccccc3)c(=O)n2C)cc1. The summed E-state index contributed by atoms with van der Waals surface area (Å²) < 4.78 is 7.70. The Morgan fingerprint density at radius 2 is 1.31 bits per heavy atom. The summed E-state index contributed by atoms with van der Waals surface area (Å²) in [5, 5.41) is 0.605. The largest absolute Gasteiger partial charge is 0.461 e. The van der Waals surface area contributed by atoms with Gasteiger partial charge in [0.1, 0.15) is 17.3 Å². The third kappa shape index (κ3) is 4.60. The Hall–Kier alpha value is -3.67. The van der Waals surface area contributed by atoms with Gasteiger partial charge in [-0.3, -0.25) is 14.4 Å². The minimum atomic E-state index is -0.341. The molecule has 6 heteroatoms. The van der Waals surface area contributed by atoms with Crippen LogP contribution in [0.1, 0.15) is 23.6 Å². The Labute approximate surface area is 167 Å². The molecule has 0 unspecified atom stereocenters. The van der Waals surface area contributed by atoms with Crippen molar-refractivity contribution in [2.75, 3.05) is 0 Å². The van der Waals surface area contributed by atoms with Gasteiger partial charge in [0.2, 0.25) is 0 Å². The lowest BCUT2D eigenvalue weighted by atomic mass is 10.1. The van der Waals surface area contributed by atoms with Gasteiger partial charge in [-0.2, -0.15) is 0 Å². The standard InChI is InChI=1S/C23H22N2O4/c1-16(26)29-15-19-11-9-18(10-12-19)14-21-23(28)24(2)20(22(27)25(21)3)13-17-7-5-4-6-8-17/h4-14H,15H2,1-3H3/b20-13-,21-14-. The zero-order valence-electron chi connectivity index (χ0n) is 16.6. The third-order valence-corrected chi connectivity index (χ3v) is 4.60. The van der Waals surface area contributed by atoms with Crippen molar-refractivity contribution in [1.82, 2.24) is 9.13 Å². The Bertz CT molecular complexity index is 1270. The summed E-state index contributed by atoms with van der Waals surface area (Å²) in [6.45, 7) is 1.55. The number of esters is 1. The van der Waals surface area contributed by atoms with Crippen molar-refractivity contribution in [3.8, 4) is 0 Å². The lowest BCUT2D eigenvalue weighted by Gasteiger charge is -2.06. The van der Waals surface area contributed by atoms with Crippen LogP contribution in [-0.4, -0.2) is 15.1 Å². The van der Waals surface area contributed by atoms with Gasteiger partial charge in [0.25, 0.3) is 11.1 Å². The minimum Gasteiger partial charge on any atom is -0.461 e. The van der Waals surface area contributed by atoms with Crippen molar-refractivity contribution >= 4 is 18.1 Å². The number of hydrogen-bond donors (Lipinski definition) is 0. The molecule has 2 aromatic carbocycles. The molecule has 0 radical (unpaired) electrons. The van der Waals surface area contributed by atoms with Gasteiger partial charge in [-0.1, -0.05) is 54.6 Å². The first-order chi connectivity index (χ1) is 13.9. The molecule has 0 fully saturated rings. The van der Waals surface area contributed by atoms with Crippen LogP contribution in [-0.2, 0) is 30.2 Å². The highest BCUT2D eigenvalue weighted by Crippen LogP contribution is 2.06. The molecule has 0 aliphatic heterocycles. The van der Waals surface area contributed by atoms with E-state index in [0.29, 0.717) is 5.35 Å². The van der Waals surface area contributed by atoms with E-state index >= 15 is 0 Å². The molecule has 3 rings (SSSR count). The number of benzene rings is 2. The van der Waals surface area contributed by atoms with Crippen molar-refractivity contribution in [3.05, 3.63) is 103 Å². The number of hydrogen-bond acceptors (Lipinski definition) is 4. The highest BCUT2D eigenvalue weighted by Gasteiger charge is 2.06. The van der Waals surface area contributed by atoms with Gasteiger partial charge in [0.15, 0.2) is 0 Å². The molecule has 29 heavy (non-hydrogen) atoms. The lowest BCUT2D eigenvalue weighted by molar-refractivity contribution is -0.142. The minimum absolute atomic E-state index is 0.194. The Kier molecular flexibility index (Phi) is 5.93. The molecule has 148 valence electrons. The summed E-state index contributed by atoms with van der Waals surface area (Å²) in [4.78, 5) is 36.7. The Balaban J connectivity index is 2.08. The third-order valence-electron chi connectivity index (χ3n) is 4.60. The highest BCUT2D eigenvalue weighted by atomic mass is 16.5. The summed E-state index contributed by atoms with van der Waals surface area (Å²) in [6.07, 6.45) is 3.38. The average molecular weight is 390 g/mol. The first-order valence-corrected chi connectivity index (χ1v) is 9.13. The van der Waals surface area contributed by atoms with E-state index in [0.717, 1.165) is 16.7 Å². The van der Waals surface area contributed by atoms with E-state index < -0.39 is 0 Å². The van der Waals surface area contributed by atoms with Crippen LogP contribution in [0.25, 0.3) is 12.2 Å². The van der Waals surface area contributed by atoms with Crippen molar-refractivity contribution in [2.45, 2.75) is 13.5 Å². The normalized spacial score (nSPS) is 12.2. The number of nitrogens with zero attached hydrogens (tertiary/aromatic N) is 2. The van der Waals surface area contributed by atoms with E-state index in [1.807, 2.05) is 54.6 Å². The topological polar surface area (TPSA) is 70.3 Å². The quantitative estimate of drug-likeness (QED) is 0.618. The molecule has 0 saturated heterocycles. The van der Waals surface area contributed by atoms with Gasteiger partial charge < -0.3 is 13.9 Å². The van der Waals surface area contributed by atoms with Gasteiger partial charge in [-0.05, 0) is 28.8 Å². The first-order valence-electron chi connectivity index (χ1n) is 9.13. The summed E-state index contributed by atoms with van der Waals surface area (Å²) in [7, 11) is 3.19. The first kappa shape index (κ1) is 20.1. The van der Waals surface area contributed by atoms with Gasteiger partial charge in [-0.25, -0.2) is 0 Å². The van der Waals surface area contributed by atoms with E-state index in [4.69, 9.17) is 4.74 Å². The van der Waals surface area contributed by atoms with Crippen molar-refractivity contribution in [1.29, 1.82) is 0 Å². The zero-order chi connectivity index (χ0) is 21.0. The predicted octanol–water partition coefficient (Wildman–Crippen LogP) is 0.805. The zero-order valence-corrected chi connectivity index (χ0v) is 16.6. The Morgan fingerprint density at radius 3 is 1.79 bits per heavy atom. The van der Waals surface area contributed by atoms with Crippen LogP contribution < -0.4 is 21.8 Å². The fraction of sp³-hybridized carbons (Fsp3) is 0.174. The molecule has 0 spiro atoms. The number of ether oxygens (including phenoxy) is 1. The van der Waals surface area contributed by atoms with Crippen LogP contribution in [0.2, 0.25) is 0 Å². The van der Waals surface area contributed by atoms with Crippen molar-refractivity contribution in [2.24, 2.45) is 14.1 Å². The maximum absolute atomic E-state index is 12.9. The second-order valence-electron chi connectivity index (χ2n) is 6.72. The summed E-state index contributed by atoms with van der Waals surface area (Å²) in [5.41, 5.74) is 1.93. The molecule has 0 N–H and O–H groups in total. The molecule has 0 aliphatic rings. The van der Waals surface area contributed by atoms with Crippen LogP contribution in [0, 0.1) is 0 Å². The highest BCUT2D eigenvalue weighted by molar-refractivity contribution is 5.65. The van der Waals surface area contributed by atoms with E-state index in [-0.39, 0.29) is 29.0 Å². The molecule has 1 aromatic heterocycles. The second-order valence-corrected chi connectivity index (χ2v) is 6.72. The van der Waals surface area contributed by atoms with Crippen LogP contribution in [0.5, 0.6) is 0 Å². The molecule has 0 atom stereocenters.